The van der Waals surface area contributed by atoms with Crippen molar-refractivity contribution in [3.8, 4) is 0 Å². The highest BCUT2D eigenvalue weighted by molar-refractivity contribution is 6.42. The van der Waals surface area contributed by atoms with Crippen molar-refractivity contribution in [2.24, 2.45) is 0 Å². The van der Waals surface area contributed by atoms with E-state index in [-0.39, 0.29) is 6.61 Å². The maximum Gasteiger partial charge on any atom is 0.185 e. The first kappa shape index (κ1) is 22.0. The second-order valence-corrected chi connectivity index (χ2v) is 8.45. The third kappa shape index (κ3) is 4.38. The topological polar surface area (TPSA) is 77.4 Å². The Kier molecular flexibility index (Phi) is 6.67. The molecule has 30 heavy (non-hydrogen) atoms. The number of aryl methyl sites for hydroxylation is 2. The van der Waals surface area contributed by atoms with Gasteiger partial charge in [-0.2, -0.15) is 0 Å². The largest absolute Gasteiger partial charge is 0.394 e. The number of ether oxygens (including phenoxy) is 4. The van der Waals surface area contributed by atoms with Gasteiger partial charge in [0.1, 0.15) is 24.4 Å². The van der Waals surface area contributed by atoms with Crippen molar-refractivity contribution in [1.29, 1.82) is 0 Å². The molecule has 2 unspecified atom stereocenters. The fraction of sp³-hybridized carbons (Fsp3) is 0.455. The third-order valence-electron chi connectivity index (χ3n) is 5.55. The molecule has 2 fully saturated rings. The van der Waals surface area contributed by atoms with E-state index in [4.69, 9.17) is 42.1 Å². The van der Waals surface area contributed by atoms with E-state index in [1.165, 1.54) is 5.56 Å². The number of halogens is 2. The van der Waals surface area contributed by atoms with Crippen LogP contribution in [0.3, 0.4) is 0 Å². The molecule has 6 nitrogen and oxygen atoms in total. The third-order valence-corrected chi connectivity index (χ3v) is 6.29. The van der Waals surface area contributed by atoms with Gasteiger partial charge in [-0.15, -0.1) is 0 Å². The Hall–Kier alpha value is -1.22. The SMILES string of the molecule is Cc1ccc(C2OC[C@@H]3OC(c4ccc(Cl)c(Cl)c4)O[C@H]([C@H](O)CO)[C@@H]3O2)cc1C. The Morgan fingerprint density at radius 1 is 0.933 bits per heavy atom. The Labute approximate surface area is 185 Å². The molecule has 2 aromatic rings. The molecular formula is C22H24Cl2O6. The van der Waals surface area contributed by atoms with Gasteiger partial charge in [-0.05, 0) is 37.1 Å². The average molecular weight is 455 g/mol. The van der Waals surface area contributed by atoms with Crippen LogP contribution >= 0.6 is 23.2 Å². The molecule has 0 spiro atoms. The van der Waals surface area contributed by atoms with Gasteiger partial charge in [-0.25, -0.2) is 0 Å². The molecule has 0 amide bonds. The van der Waals surface area contributed by atoms with Gasteiger partial charge in [0, 0.05) is 11.1 Å². The lowest BCUT2D eigenvalue weighted by Crippen LogP contribution is -2.58. The number of hydrogen-bond acceptors (Lipinski definition) is 6. The second kappa shape index (κ2) is 9.10. The Balaban J connectivity index is 1.57. The normalized spacial score (nSPS) is 30.0. The molecule has 2 aromatic carbocycles. The van der Waals surface area contributed by atoms with Gasteiger partial charge in [-0.1, -0.05) is 47.5 Å². The lowest BCUT2D eigenvalue weighted by molar-refractivity contribution is -0.373. The summed E-state index contributed by atoms with van der Waals surface area (Å²) in [5.41, 5.74) is 3.83. The maximum atomic E-state index is 10.4. The van der Waals surface area contributed by atoms with Crippen LogP contribution in [0.4, 0.5) is 0 Å². The number of rotatable bonds is 4. The molecule has 2 aliphatic rings. The minimum Gasteiger partial charge on any atom is -0.394 e. The van der Waals surface area contributed by atoms with Crippen LogP contribution in [0.25, 0.3) is 0 Å². The fourth-order valence-corrected chi connectivity index (χ4v) is 3.99. The maximum absolute atomic E-state index is 10.4. The minimum absolute atomic E-state index is 0.248. The summed E-state index contributed by atoms with van der Waals surface area (Å²) in [4.78, 5) is 0. The summed E-state index contributed by atoms with van der Waals surface area (Å²) in [5.74, 6) is 0. The molecule has 0 bridgehead atoms. The van der Waals surface area contributed by atoms with Crippen molar-refractivity contribution < 1.29 is 29.2 Å². The van der Waals surface area contributed by atoms with E-state index in [9.17, 15) is 10.2 Å². The van der Waals surface area contributed by atoms with Crippen molar-refractivity contribution in [2.45, 2.75) is 50.8 Å². The van der Waals surface area contributed by atoms with Gasteiger partial charge in [0.25, 0.3) is 0 Å². The van der Waals surface area contributed by atoms with Crippen molar-refractivity contribution in [3.63, 3.8) is 0 Å². The molecule has 4 rings (SSSR count). The lowest BCUT2D eigenvalue weighted by atomic mass is 9.99. The monoisotopic (exact) mass is 454 g/mol. The van der Waals surface area contributed by atoms with Gasteiger partial charge in [0.2, 0.25) is 0 Å². The highest BCUT2D eigenvalue weighted by Crippen LogP contribution is 2.40. The Morgan fingerprint density at radius 2 is 1.67 bits per heavy atom. The molecule has 0 radical (unpaired) electrons. The van der Waals surface area contributed by atoms with E-state index in [1.807, 2.05) is 32.0 Å². The summed E-state index contributed by atoms with van der Waals surface area (Å²) in [7, 11) is 0. The van der Waals surface area contributed by atoms with Crippen molar-refractivity contribution >= 4 is 23.2 Å². The van der Waals surface area contributed by atoms with Crippen molar-refractivity contribution in [2.75, 3.05) is 13.2 Å². The quantitative estimate of drug-likeness (QED) is 0.730. The van der Waals surface area contributed by atoms with E-state index in [0.29, 0.717) is 15.6 Å². The summed E-state index contributed by atoms with van der Waals surface area (Å²) in [5, 5.41) is 20.8. The fourth-order valence-electron chi connectivity index (χ4n) is 3.68. The van der Waals surface area contributed by atoms with Crippen molar-refractivity contribution in [3.05, 3.63) is 68.7 Å². The van der Waals surface area contributed by atoms with E-state index in [0.717, 1.165) is 11.1 Å². The van der Waals surface area contributed by atoms with E-state index in [2.05, 4.69) is 0 Å². The zero-order valence-electron chi connectivity index (χ0n) is 16.6. The summed E-state index contributed by atoms with van der Waals surface area (Å²) >= 11 is 12.1. The summed E-state index contributed by atoms with van der Waals surface area (Å²) < 4.78 is 24.1. The van der Waals surface area contributed by atoms with Crippen LogP contribution in [-0.4, -0.2) is 47.8 Å². The standard InChI is InChI=1S/C22H24Cl2O6/c1-11-3-4-13(7-12(11)2)21-27-10-18-20(30-21)19(17(26)9-25)29-22(28-18)14-5-6-15(23)16(24)8-14/h3-8,17-22,25-26H,9-10H2,1-2H3/t17-,18+,19-,20-,21?,22?/m1/s1. The predicted molar refractivity (Wildman–Crippen MR) is 112 cm³/mol. The zero-order valence-corrected chi connectivity index (χ0v) is 18.1. The summed E-state index contributed by atoms with van der Waals surface area (Å²) in [6, 6.07) is 11.0. The van der Waals surface area contributed by atoms with Gasteiger partial charge in [-0.3, -0.25) is 0 Å². The first-order valence-electron chi connectivity index (χ1n) is 9.76. The van der Waals surface area contributed by atoms with Crippen LogP contribution < -0.4 is 0 Å². The average Bonchev–Trinajstić information content (AvgIpc) is 2.75. The van der Waals surface area contributed by atoms with E-state index >= 15 is 0 Å². The highest BCUT2D eigenvalue weighted by atomic mass is 35.5. The van der Waals surface area contributed by atoms with Gasteiger partial charge in [0.05, 0.1) is 23.3 Å². The molecule has 2 N–H and O–H groups in total. The number of fused-ring (bicyclic) bond motifs is 1. The number of benzene rings is 2. The summed E-state index contributed by atoms with van der Waals surface area (Å²) in [6.07, 6.45) is -4.50. The molecular weight excluding hydrogens is 431 g/mol. The number of hydrogen-bond donors (Lipinski definition) is 2. The molecule has 0 saturated carbocycles. The van der Waals surface area contributed by atoms with Gasteiger partial charge in [0.15, 0.2) is 12.6 Å². The molecule has 2 saturated heterocycles. The first-order chi connectivity index (χ1) is 14.4. The molecule has 6 atom stereocenters. The highest BCUT2D eigenvalue weighted by Gasteiger charge is 2.48. The molecule has 0 aromatic heterocycles. The molecule has 8 heteroatoms. The Morgan fingerprint density at radius 3 is 2.37 bits per heavy atom. The van der Waals surface area contributed by atoms with Crippen LogP contribution in [0.1, 0.15) is 34.8 Å². The molecule has 2 aliphatic heterocycles. The van der Waals surface area contributed by atoms with Crippen LogP contribution in [0.15, 0.2) is 36.4 Å². The van der Waals surface area contributed by atoms with Crippen molar-refractivity contribution in [1.82, 2.24) is 0 Å². The van der Waals surface area contributed by atoms with E-state index in [1.54, 1.807) is 18.2 Å². The second-order valence-electron chi connectivity index (χ2n) is 7.64. The summed E-state index contributed by atoms with van der Waals surface area (Å²) in [6.45, 7) is 3.84. The molecule has 0 aliphatic carbocycles. The molecule has 2 heterocycles. The van der Waals surface area contributed by atoms with Crippen LogP contribution in [0, 0.1) is 13.8 Å². The lowest BCUT2D eigenvalue weighted by Gasteiger charge is -2.47. The van der Waals surface area contributed by atoms with E-state index < -0.39 is 43.6 Å². The minimum atomic E-state index is -1.15. The van der Waals surface area contributed by atoms with Crippen LogP contribution in [0.5, 0.6) is 0 Å². The van der Waals surface area contributed by atoms with Crippen LogP contribution in [0.2, 0.25) is 10.0 Å². The zero-order chi connectivity index (χ0) is 21.4. The van der Waals surface area contributed by atoms with Crippen LogP contribution in [-0.2, 0) is 18.9 Å². The predicted octanol–water partition coefficient (Wildman–Crippen LogP) is 3.86. The number of aliphatic hydroxyl groups excluding tert-OH is 2. The Bertz CT molecular complexity index is 905. The first-order valence-corrected chi connectivity index (χ1v) is 10.5. The van der Waals surface area contributed by atoms with Gasteiger partial charge < -0.3 is 29.2 Å². The molecule has 162 valence electrons. The number of aliphatic hydroxyl groups is 2. The van der Waals surface area contributed by atoms with Gasteiger partial charge >= 0.3 is 0 Å². The smallest absolute Gasteiger partial charge is 0.185 e.